The Morgan fingerprint density at radius 1 is 1.05 bits per heavy atom. The number of carbonyl (C=O) groups is 1. The van der Waals surface area contributed by atoms with Gasteiger partial charge in [-0.15, -0.1) is 0 Å². The predicted octanol–water partition coefficient (Wildman–Crippen LogP) is 1.21. The Labute approximate surface area is 111 Å². The van der Waals surface area contributed by atoms with Crippen molar-refractivity contribution in [3.05, 3.63) is 70.6 Å². The topological polar surface area (TPSA) is 51.1 Å². The van der Waals surface area contributed by atoms with Gasteiger partial charge in [0, 0.05) is 18.8 Å². The molecule has 0 aliphatic carbocycles. The summed E-state index contributed by atoms with van der Waals surface area (Å²) in [6.45, 7) is 0.638. The second kappa shape index (κ2) is 6.54. The highest BCUT2D eigenvalue weighted by atomic mass is 16.2. The van der Waals surface area contributed by atoms with Crippen molar-refractivity contribution in [2.75, 3.05) is 6.54 Å². The van der Waals surface area contributed by atoms with Crippen LogP contribution in [0.4, 0.5) is 0 Å². The van der Waals surface area contributed by atoms with Gasteiger partial charge < -0.3 is 9.88 Å². The van der Waals surface area contributed by atoms with Crippen molar-refractivity contribution in [1.82, 2.24) is 9.88 Å². The molecule has 2 rings (SSSR count). The molecule has 0 fully saturated rings. The van der Waals surface area contributed by atoms with E-state index < -0.39 is 0 Å². The van der Waals surface area contributed by atoms with Gasteiger partial charge in [-0.3, -0.25) is 9.59 Å². The van der Waals surface area contributed by atoms with E-state index in [1.54, 1.807) is 18.3 Å². The van der Waals surface area contributed by atoms with Crippen LogP contribution in [0.15, 0.2) is 59.5 Å². The van der Waals surface area contributed by atoms with Crippen LogP contribution in [0, 0.1) is 0 Å². The fourth-order valence-corrected chi connectivity index (χ4v) is 1.79. The van der Waals surface area contributed by atoms with Gasteiger partial charge in [0.15, 0.2) is 0 Å². The summed E-state index contributed by atoms with van der Waals surface area (Å²) in [7, 11) is 0. The molecule has 4 heteroatoms. The molecule has 0 atom stereocenters. The predicted molar refractivity (Wildman–Crippen MR) is 73.9 cm³/mol. The van der Waals surface area contributed by atoms with Gasteiger partial charge >= 0.3 is 0 Å². The van der Waals surface area contributed by atoms with E-state index in [1.165, 1.54) is 16.2 Å². The van der Waals surface area contributed by atoms with E-state index in [0.717, 1.165) is 6.42 Å². The molecule has 19 heavy (non-hydrogen) atoms. The molecule has 0 aliphatic heterocycles. The minimum atomic E-state index is -0.166. The first-order chi connectivity index (χ1) is 9.25. The number of hydrogen-bond acceptors (Lipinski definition) is 2. The van der Waals surface area contributed by atoms with Gasteiger partial charge in [-0.1, -0.05) is 36.4 Å². The molecule has 1 amide bonds. The summed E-state index contributed by atoms with van der Waals surface area (Å²) in [5.41, 5.74) is 1.01. The highest BCUT2D eigenvalue weighted by Gasteiger charge is 2.02. The summed E-state index contributed by atoms with van der Waals surface area (Å²) in [4.78, 5) is 23.1. The van der Waals surface area contributed by atoms with Gasteiger partial charge in [-0.05, 0) is 18.1 Å². The summed E-state index contributed by atoms with van der Waals surface area (Å²) in [6.07, 6.45) is 2.40. The quantitative estimate of drug-likeness (QED) is 0.874. The average Bonchev–Trinajstić information content (AvgIpc) is 2.43. The van der Waals surface area contributed by atoms with Gasteiger partial charge in [-0.25, -0.2) is 0 Å². The number of rotatable bonds is 5. The van der Waals surface area contributed by atoms with Crippen LogP contribution in [0.5, 0.6) is 0 Å². The molecule has 1 N–H and O–H groups in total. The van der Waals surface area contributed by atoms with E-state index in [-0.39, 0.29) is 18.0 Å². The van der Waals surface area contributed by atoms with E-state index in [2.05, 4.69) is 5.32 Å². The fourth-order valence-electron chi connectivity index (χ4n) is 1.79. The lowest BCUT2D eigenvalue weighted by Gasteiger charge is -2.07. The third kappa shape index (κ3) is 4.10. The number of nitrogens with zero attached hydrogens (tertiary/aromatic N) is 1. The van der Waals surface area contributed by atoms with Crippen LogP contribution in [0.1, 0.15) is 5.56 Å². The molecule has 4 nitrogen and oxygen atoms in total. The standard InChI is InChI=1S/C15H16N2O2/c18-14(12-17-11-5-4-8-15(17)19)16-10-9-13-6-2-1-3-7-13/h1-8,11H,9-10,12H2,(H,16,18). The molecule has 0 saturated carbocycles. The molecule has 1 aromatic carbocycles. The van der Waals surface area contributed by atoms with Crippen LogP contribution in [0.3, 0.4) is 0 Å². The molecule has 0 bridgehead atoms. The third-order valence-electron chi connectivity index (χ3n) is 2.79. The molecule has 2 aromatic rings. The van der Waals surface area contributed by atoms with Crippen molar-refractivity contribution in [3.63, 3.8) is 0 Å². The maximum Gasteiger partial charge on any atom is 0.250 e. The molecule has 0 unspecified atom stereocenters. The average molecular weight is 256 g/mol. The lowest BCUT2D eigenvalue weighted by atomic mass is 10.1. The van der Waals surface area contributed by atoms with Crippen LogP contribution in [0.25, 0.3) is 0 Å². The minimum Gasteiger partial charge on any atom is -0.354 e. The Kier molecular flexibility index (Phi) is 4.50. The Hall–Kier alpha value is -2.36. The lowest BCUT2D eigenvalue weighted by Crippen LogP contribution is -2.32. The summed E-state index contributed by atoms with van der Waals surface area (Å²) in [5, 5.41) is 2.81. The summed E-state index contributed by atoms with van der Waals surface area (Å²) in [5.74, 6) is -0.149. The molecule has 1 heterocycles. The number of hydrogen-bond donors (Lipinski definition) is 1. The Morgan fingerprint density at radius 2 is 1.79 bits per heavy atom. The number of pyridine rings is 1. The molecular weight excluding hydrogens is 240 g/mol. The third-order valence-corrected chi connectivity index (χ3v) is 2.79. The normalized spacial score (nSPS) is 10.1. The molecule has 1 aromatic heterocycles. The Morgan fingerprint density at radius 3 is 2.53 bits per heavy atom. The van der Waals surface area contributed by atoms with Crippen molar-refractivity contribution < 1.29 is 4.79 Å². The van der Waals surface area contributed by atoms with E-state index in [0.29, 0.717) is 6.54 Å². The van der Waals surface area contributed by atoms with Crippen molar-refractivity contribution in [1.29, 1.82) is 0 Å². The number of carbonyl (C=O) groups excluding carboxylic acids is 1. The van der Waals surface area contributed by atoms with Crippen molar-refractivity contribution >= 4 is 5.91 Å². The first-order valence-electron chi connectivity index (χ1n) is 6.22. The Bertz CT molecular complexity index is 590. The first-order valence-corrected chi connectivity index (χ1v) is 6.22. The maximum atomic E-state index is 11.7. The van der Waals surface area contributed by atoms with Crippen molar-refractivity contribution in [3.8, 4) is 0 Å². The van der Waals surface area contributed by atoms with Gasteiger partial charge in [0.1, 0.15) is 6.54 Å². The number of nitrogens with one attached hydrogen (secondary N) is 1. The van der Waals surface area contributed by atoms with Crippen molar-refractivity contribution in [2.24, 2.45) is 0 Å². The lowest BCUT2D eigenvalue weighted by molar-refractivity contribution is -0.121. The van der Waals surface area contributed by atoms with E-state index in [9.17, 15) is 9.59 Å². The molecule has 0 radical (unpaired) electrons. The van der Waals surface area contributed by atoms with Crippen LogP contribution >= 0.6 is 0 Å². The fraction of sp³-hybridized carbons (Fsp3) is 0.200. The van der Waals surface area contributed by atoms with Crippen LogP contribution < -0.4 is 10.9 Å². The number of amides is 1. The van der Waals surface area contributed by atoms with E-state index in [1.807, 2.05) is 30.3 Å². The van der Waals surface area contributed by atoms with Gasteiger partial charge in [0.25, 0.3) is 5.56 Å². The largest absolute Gasteiger partial charge is 0.354 e. The van der Waals surface area contributed by atoms with Crippen LogP contribution in [-0.4, -0.2) is 17.0 Å². The molecule has 0 aliphatic rings. The summed E-state index contributed by atoms with van der Waals surface area (Å²) >= 11 is 0. The molecule has 0 saturated heterocycles. The number of benzene rings is 1. The first kappa shape index (κ1) is 13.1. The molecule has 98 valence electrons. The van der Waals surface area contributed by atoms with Crippen LogP contribution in [0.2, 0.25) is 0 Å². The summed E-state index contributed by atoms with van der Waals surface area (Å²) in [6, 6.07) is 14.8. The zero-order valence-electron chi connectivity index (χ0n) is 10.6. The summed E-state index contributed by atoms with van der Waals surface area (Å²) < 4.78 is 1.39. The SMILES string of the molecule is O=C(Cn1ccccc1=O)NCCc1ccccc1. The molecule has 0 spiro atoms. The minimum absolute atomic E-state index is 0.0640. The second-order valence-corrected chi connectivity index (χ2v) is 4.25. The van der Waals surface area contributed by atoms with Crippen molar-refractivity contribution in [2.45, 2.75) is 13.0 Å². The zero-order valence-corrected chi connectivity index (χ0v) is 10.6. The van der Waals surface area contributed by atoms with E-state index in [4.69, 9.17) is 0 Å². The zero-order chi connectivity index (χ0) is 13.5. The number of aromatic nitrogens is 1. The highest BCUT2D eigenvalue weighted by Crippen LogP contribution is 1.98. The van der Waals surface area contributed by atoms with E-state index >= 15 is 0 Å². The highest BCUT2D eigenvalue weighted by molar-refractivity contribution is 5.75. The van der Waals surface area contributed by atoms with Gasteiger partial charge in [0.05, 0.1) is 0 Å². The molecular formula is C15H16N2O2. The smallest absolute Gasteiger partial charge is 0.250 e. The van der Waals surface area contributed by atoms with Gasteiger partial charge in [-0.2, -0.15) is 0 Å². The maximum absolute atomic E-state index is 11.7. The second-order valence-electron chi connectivity index (χ2n) is 4.25. The van der Waals surface area contributed by atoms with Crippen LogP contribution in [-0.2, 0) is 17.8 Å². The van der Waals surface area contributed by atoms with Gasteiger partial charge in [0.2, 0.25) is 5.91 Å². The Balaban J connectivity index is 1.79. The monoisotopic (exact) mass is 256 g/mol.